The number of aryl methyl sites for hydroxylation is 1. The highest BCUT2D eigenvalue weighted by molar-refractivity contribution is 6.01. The average Bonchev–Trinajstić information content (AvgIpc) is 2.92. The van der Waals surface area contributed by atoms with Gasteiger partial charge in [-0.1, -0.05) is 6.07 Å². The first-order valence-corrected chi connectivity index (χ1v) is 7.40. The van der Waals surface area contributed by atoms with Gasteiger partial charge in [-0.25, -0.2) is 4.39 Å². The van der Waals surface area contributed by atoms with Crippen LogP contribution in [0.4, 0.5) is 10.1 Å². The molecule has 6 heteroatoms. The summed E-state index contributed by atoms with van der Waals surface area (Å²) in [6.07, 6.45) is 0.0361. The number of carbonyl (C=O) groups is 2. The minimum atomic E-state index is -0.641. The first-order chi connectivity index (χ1) is 10.9. The van der Waals surface area contributed by atoms with Crippen molar-refractivity contribution in [3.63, 3.8) is 0 Å². The maximum absolute atomic E-state index is 13.3. The third-order valence-electron chi connectivity index (χ3n) is 3.92. The smallest absolute Gasteiger partial charge is 0.228 e. The van der Waals surface area contributed by atoms with Crippen LogP contribution in [0.1, 0.15) is 42.4 Å². The van der Waals surface area contributed by atoms with Crippen LogP contribution in [0.2, 0.25) is 0 Å². The van der Waals surface area contributed by atoms with Crippen LogP contribution in [0, 0.1) is 12.7 Å². The van der Waals surface area contributed by atoms with Gasteiger partial charge in [-0.15, -0.1) is 0 Å². The number of fused-ring (bicyclic) bond motifs is 1. The summed E-state index contributed by atoms with van der Waals surface area (Å²) in [6, 6.07) is 7.37. The van der Waals surface area contributed by atoms with Gasteiger partial charge in [0.1, 0.15) is 17.3 Å². The van der Waals surface area contributed by atoms with Gasteiger partial charge >= 0.3 is 0 Å². The Labute approximate surface area is 132 Å². The molecular formula is C17H17FN2O3. The Kier molecular flexibility index (Phi) is 3.90. The summed E-state index contributed by atoms with van der Waals surface area (Å²) in [7, 11) is 0. The number of carbonyl (C=O) groups excluding carboxylic acids is 2. The van der Waals surface area contributed by atoms with Crippen molar-refractivity contribution < 1.29 is 18.4 Å². The molecule has 0 bridgehead atoms. The van der Waals surface area contributed by atoms with E-state index in [2.05, 4.69) is 10.6 Å². The molecule has 0 unspecified atom stereocenters. The van der Waals surface area contributed by atoms with Crippen molar-refractivity contribution in [2.75, 3.05) is 5.32 Å². The van der Waals surface area contributed by atoms with Crippen molar-refractivity contribution >= 4 is 17.5 Å². The second kappa shape index (κ2) is 5.87. The summed E-state index contributed by atoms with van der Waals surface area (Å²) in [5.74, 6) is -0.268. The van der Waals surface area contributed by atoms with E-state index < -0.39 is 11.7 Å². The lowest BCUT2D eigenvalue weighted by molar-refractivity contribution is -0.126. The molecule has 1 aliphatic rings. The molecular weight excluding hydrogens is 299 g/mol. The van der Waals surface area contributed by atoms with Crippen LogP contribution >= 0.6 is 0 Å². The summed E-state index contributed by atoms with van der Waals surface area (Å²) >= 11 is 0. The first kappa shape index (κ1) is 15.3. The largest absolute Gasteiger partial charge is 0.464 e. The fourth-order valence-corrected chi connectivity index (χ4v) is 2.74. The second-order valence-electron chi connectivity index (χ2n) is 5.72. The fraction of sp³-hybridized carbons (Fsp3) is 0.294. The molecule has 2 heterocycles. The second-order valence-corrected chi connectivity index (χ2v) is 5.72. The third kappa shape index (κ3) is 3.11. The number of hydrogen-bond acceptors (Lipinski definition) is 3. The number of furan rings is 1. The molecule has 0 spiro atoms. The molecule has 5 nitrogen and oxygen atoms in total. The highest BCUT2D eigenvalue weighted by atomic mass is 19.1. The van der Waals surface area contributed by atoms with E-state index in [4.69, 9.17) is 4.42 Å². The number of anilines is 1. The number of benzene rings is 1. The molecule has 2 aromatic rings. The van der Waals surface area contributed by atoms with Crippen LogP contribution in [-0.2, 0) is 9.59 Å². The Balaban J connectivity index is 1.81. The predicted octanol–water partition coefficient (Wildman–Crippen LogP) is 3.03. The van der Waals surface area contributed by atoms with Crippen molar-refractivity contribution in [1.29, 1.82) is 0 Å². The van der Waals surface area contributed by atoms with Crippen LogP contribution in [0.15, 0.2) is 34.7 Å². The number of nitrogens with one attached hydrogen (secondary N) is 2. The molecule has 2 atom stereocenters. The quantitative estimate of drug-likeness (QED) is 0.914. The summed E-state index contributed by atoms with van der Waals surface area (Å²) in [5.41, 5.74) is 0.967. The van der Waals surface area contributed by atoms with E-state index in [1.54, 1.807) is 6.07 Å². The minimum absolute atomic E-state index is 0.0361. The van der Waals surface area contributed by atoms with Gasteiger partial charge in [0.25, 0.3) is 0 Å². The molecule has 3 rings (SSSR count). The van der Waals surface area contributed by atoms with Crippen LogP contribution < -0.4 is 10.6 Å². The maximum atomic E-state index is 13.3. The van der Waals surface area contributed by atoms with Crippen LogP contribution in [0.25, 0.3) is 0 Å². The summed E-state index contributed by atoms with van der Waals surface area (Å²) < 4.78 is 18.8. The van der Waals surface area contributed by atoms with E-state index in [-0.39, 0.29) is 24.3 Å². The number of halogens is 1. The molecule has 0 radical (unpaired) electrons. The predicted molar refractivity (Wildman–Crippen MR) is 82.4 cm³/mol. The van der Waals surface area contributed by atoms with Gasteiger partial charge < -0.3 is 15.1 Å². The zero-order chi connectivity index (χ0) is 16.6. The lowest BCUT2D eigenvalue weighted by Crippen LogP contribution is -2.36. The molecule has 0 saturated carbocycles. The maximum Gasteiger partial charge on any atom is 0.228 e. The Bertz CT molecular complexity index is 769. The van der Waals surface area contributed by atoms with Gasteiger partial charge in [0.15, 0.2) is 0 Å². The standard InChI is InChI=1S/C17H17FN2O3/c1-9-3-6-15(23-9)10(2)19-17(22)13-8-16(21)20-14-7-11(18)4-5-12(13)14/h3-7,10,13H,8H2,1-2H3,(H,19,22)(H,20,21)/t10-,13-/m0/s1. The van der Waals surface area contributed by atoms with E-state index in [9.17, 15) is 14.0 Å². The Morgan fingerprint density at radius 3 is 2.87 bits per heavy atom. The first-order valence-electron chi connectivity index (χ1n) is 7.40. The van der Waals surface area contributed by atoms with Crippen molar-refractivity contribution in [1.82, 2.24) is 5.32 Å². The highest BCUT2D eigenvalue weighted by Crippen LogP contribution is 2.33. The van der Waals surface area contributed by atoms with Crippen LogP contribution in [0.5, 0.6) is 0 Å². The summed E-state index contributed by atoms with van der Waals surface area (Å²) in [6.45, 7) is 3.64. The van der Waals surface area contributed by atoms with E-state index in [0.717, 1.165) is 5.76 Å². The van der Waals surface area contributed by atoms with E-state index in [0.29, 0.717) is 17.0 Å². The van der Waals surface area contributed by atoms with Gasteiger partial charge in [-0.3, -0.25) is 9.59 Å². The fourth-order valence-electron chi connectivity index (χ4n) is 2.74. The van der Waals surface area contributed by atoms with E-state index >= 15 is 0 Å². The summed E-state index contributed by atoms with van der Waals surface area (Å²) in [4.78, 5) is 24.3. The van der Waals surface area contributed by atoms with Gasteiger partial charge in [0, 0.05) is 12.1 Å². The Morgan fingerprint density at radius 2 is 2.17 bits per heavy atom. The van der Waals surface area contributed by atoms with Crippen LogP contribution in [0.3, 0.4) is 0 Å². The van der Waals surface area contributed by atoms with E-state index in [1.807, 2.05) is 19.9 Å². The van der Waals surface area contributed by atoms with Crippen molar-refractivity contribution in [2.45, 2.75) is 32.2 Å². The Hall–Kier alpha value is -2.63. The molecule has 23 heavy (non-hydrogen) atoms. The van der Waals surface area contributed by atoms with Gasteiger partial charge in [-0.05, 0) is 43.7 Å². The van der Waals surface area contributed by atoms with Crippen LogP contribution in [-0.4, -0.2) is 11.8 Å². The minimum Gasteiger partial charge on any atom is -0.464 e. The number of amides is 2. The van der Waals surface area contributed by atoms with Gasteiger partial charge in [-0.2, -0.15) is 0 Å². The van der Waals surface area contributed by atoms with Crippen molar-refractivity contribution in [3.05, 3.63) is 53.2 Å². The molecule has 1 aromatic heterocycles. The molecule has 120 valence electrons. The molecule has 0 aliphatic carbocycles. The number of hydrogen-bond donors (Lipinski definition) is 2. The van der Waals surface area contributed by atoms with Gasteiger partial charge in [0.2, 0.25) is 11.8 Å². The molecule has 1 aromatic carbocycles. The SMILES string of the molecule is Cc1ccc([C@H](C)NC(=O)[C@H]2CC(=O)Nc3cc(F)ccc32)o1. The molecule has 2 amide bonds. The monoisotopic (exact) mass is 316 g/mol. The zero-order valence-corrected chi connectivity index (χ0v) is 12.9. The van der Waals surface area contributed by atoms with E-state index in [1.165, 1.54) is 18.2 Å². The van der Waals surface area contributed by atoms with Crippen molar-refractivity contribution in [3.8, 4) is 0 Å². The molecule has 0 fully saturated rings. The number of rotatable bonds is 3. The topological polar surface area (TPSA) is 71.3 Å². The van der Waals surface area contributed by atoms with Gasteiger partial charge in [0.05, 0.1) is 12.0 Å². The third-order valence-corrected chi connectivity index (χ3v) is 3.92. The molecule has 0 saturated heterocycles. The Morgan fingerprint density at radius 1 is 1.39 bits per heavy atom. The summed E-state index contributed by atoms with van der Waals surface area (Å²) in [5, 5.41) is 5.45. The normalized spacial score (nSPS) is 18.0. The van der Waals surface area contributed by atoms with Crippen molar-refractivity contribution in [2.24, 2.45) is 0 Å². The average molecular weight is 316 g/mol. The molecule has 1 aliphatic heterocycles. The molecule has 2 N–H and O–H groups in total. The lowest BCUT2D eigenvalue weighted by Gasteiger charge is -2.26. The lowest BCUT2D eigenvalue weighted by atomic mass is 9.89. The zero-order valence-electron chi connectivity index (χ0n) is 12.9. The highest BCUT2D eigenvalue weighted by Gasteiger charge is 2.31.